The van der Waals surface area contributed by atoms with Crippen LogP contribution in [0.15, 0.2) is 48.7 Å². The number of amides is 3. The molecule has 1 aromatic heterocycles. The molecule has 0 unspecified atom stereocenters. The van der Waals surface area contributed by atoms with Gasteiger partial charge in [0.2, 0.25) is 5.91 Å². The van der Waals surface area contributed by atoms with E-state index >= 15 is 0 Å². The van der Waals surface area contributed by atoms with Crippen LogP contribution in [0.25, 0.3) is 0 Å². The van der Waals surface area contributed by atoms with Gasteiger partial charge in [0.1, 0.15) is 5.82 Å². The number of hydrogen-bond acceptors (Lipinski definition) is 4. The van der Waals surface area contributed by atoms with Crippen molar-refractivity contribution in [3.63, 3.8) is 0 Å². The Bertz CT molecular complexity index is 742. The molecule has 2 N–H and O–H groups in total. The Kier molecular flexibility index (Phi) is 5.13. The van der Waals surface area contributed by atoms with Gasteiger partial charge in [-0.3, -0.25) is 4.79 Å². The van der Waals surface area contributed by atoms with E-state index in [-0.39, 0.29) is 11.9 Å². The van der Waals surface area contributed by atoms with Gasteiger partial charge >= 0.3 is 6.03 Å². The smallest absolute Gasteiger partial charge is 0.321 e. The molecule has 0 radical (unpaired) electrons. The summed E-state index contributed by atoms with van der Waals surface area (Å²) < 4.78 is 0. The van der Waals surface area contributed by atoms with Gasteiger partial charge in [-0.2, -0.15) is 0 Å². The van der Waals surface area contributed by atoms with Gasteiger partial charge in [-0.15, -0.1) is 0 Å². The third-order valence-corrected chi connectivity index (χ3v) is 3.97. The Morgan fingerprint density at radius 3 is 2.32 bits per heavy atom. The lowest BCUT2D eigenvalue weighted by molar-refractivity contribution is -0.114. The molecule has 2 aromatic rings. The second-order valence-electron chi connectivity index (χ2n) is 5.85. The predicted molar refractivity (Wildman–Crippen MR) is 97.8 cm³/mol. The molecule has 25 heavy (non-hydrogen) atoms. The zero-order chi connectivity index (χ0) is 17.6. The number of pyridine rings is 1. The number of benzene rings is 1. The minimum atomic E-state index is -0.144. The van der Waals surface area contributed by atoms with Gasteiger partial charge in [0.15, 0.2) is 0 Å². The summed E-state index contributed by atoms with van der Waals surface area (Å²) in [5.74, 6) is 0.791. The van der Waals surface area contributed by atoms with Crippen LogP contribution in [0.3, 0.4) is 0 Å². The highest BCUT2D eigenvalue weighted by molar-refractivity contribution is 5.92. The van der Waals surface area contributed by atoms with E-state index in [2.05, 4.69) is 20.5 Å². The lowest BCUT2D eigenvalue weighted by Gasteiger charge is -2.35. The number of hydrogen-bond donors (Lipinski definition) is 2. The standard InChI is InChI=1S/C18H21N5O2/c1-14(24)20-15-5-4-6-16(13-15)21-18(25)23-11-9-22(10-12-23)17-7-2-3-8-19-17/h2-8,13H,9-12H2,1H3,(H,20,24)(H,21,25). The van der Waals surface area contributed by atoms with E-state index in [0.29, 0.717) is 24.5 Å². The summed E-state index contributed by atoms with van der Waals surface area (Å²) in [6.07, 6.45) is 1.77. The molecule has 3 rings (SSSR count). The Morgan fingerprint density at radius 2 is 1.68 bits per heavy atom. The van der Waals surface area contributed by atoms with Crippen LogP contribution in [0.2, 0.25) is 0 Å². The first kappa shape index (κ1) is 16.8. The Morgan fingerprint density at radius 1 is 0.960 bits per heavy atom. The second kappa shape index (κ2) is 7.65. The molecule has 1 saturated heterocycles. The Balaban J connectivity index is 1.55. The number of urea groups is 1. The van der Waals surface area contributed by atoms with Crippen molar-refractivity contribution in [2.45, 2.75) is 6.92 Å². The zero-order valence-corrected chi connectivity index (χ0v) is 14.1. The van der Waals surface area contributed by atoms with Crippen molar-refractivity contribution in [3.05, 3.63) is 48.7 Å². The third-order valence-electron chi connectivity index (χ3n) is 3.97. The fourth-order valence-electron chi connectivity index (χ4n) is 2.76. The second-order valence-corrected chi connectivity index (χ2v) is 5.85. The minimum absolute atomic E-state index is 0.138. The topological polar surface area (TPSA) is 77.6 Å². The fraction of sp³-hybridized carbons (Fsp3) is 0.278. The number of anilines is 3. The first-order chi connectivity index (χ1) is 12.1. The maximum Gasteiger partial charge on any atom is 0.321 e. The van der Waals surface area contributed by atoms with Crippen molar-refractivity contribution in [1.29, 1.82) is 0 Å². The number of carbonyl (C=O) groups is 2. The van der Waals surface area contributed by atoms with E-state index < -0.39 is 0 Å². The Hall–Kier alpha value is -3.09. The van der Waals surface area contributed by atoms with Crippen molar-refractivity contribution in [1.82, 2.24) is 9.88 Å². The van der Waals surface area contributed by atoms with Crippen molar-refractivity contribution in [3.8, 4) is 0 Å². The van der Waals surface area contributed by atoms with E-state index in [1.54, 1.807) is 35.4 Å². The first-order valence-corrected chi connectivity index (χ1v) is 8.21. The number of carbonyl (C=O) groups excluding carboxylic acids is 2. The van der Waals surface area contributed by atoms with Gasteiger partial charge in [-0.25, -0.2) is 9.78 Å². The molecule has 7 nitrogen and oxygen atoms in total. The summed E-state index contributed by atoms with van der Waals surface area (Å²) in [5.41, 5.74) is 1.31. The number of nitrogens with one attached hydrogen (secondary N) is 2. The maximum absolute atomic E-state index is 12.4. The largest absolute Gasteiger partial charge is 0.353 e. The van der Waals surface area contributed by atoms with Crippen LogP contribution in [0.5, 0.6) is 0 Å². The highest BCUT2D eigenvalue weighted by Crippen LogP contribution is 2.17. The molecular weight excluding hydrogens is 318 g/mol. The number of nitrogens with zero attached hydrogens (tertiary/aromatic N) is 3. The van der Waals surface area contributed by atoms with Crippen molar-refractivity contribution in [2.75, 3.05) is 41.7 Å². The van der Waals surface area contributed by atoms with E-state index in [9.17, 15) is 9.59 Å². The van der Waals surface area contributed by atoms with Gasteiger partial charge < -0.3 is 20.4 Å². The van der Waals surface area contributed by atoms with E-state index in [1.165, 1.54) is 6.92 Å². The third kappa shape index (κ3) is 4.47. The molecule has 0 saturated carbocycles. The van der Waals surface area contributed by atoms with Crippen LogP contribution in [0.4, 0.5) is 22.0 Å². The Labute approximate surface area is 146 Å². The molecule has 7 heteroatoms. The van der Waals surface area contributed by atoms with Crippen LogP contribution in [-0.4, -0.2) is 48.0 Å². The number of rotatable bonds is 3. The summed E-state index contributed by atoms with van der Waals surface area (Å²) in [7, 11) is 0. The average molecular weight is 339 g/mol. The summed E-state index contributed by atoms with van der Waals surface area (Å²) >= 11 is 0. The van der Waals surface area contributed by atoms with Crippen LogP contribution in [0.1, 0.15) is 6.92 Å². The highest BCUT2D eigenvalue weighted by atomic mass is 16.2. The summed E-state index contributed by atoms with van der Waals surface area (Å²) in [5, 5.41) is 5.59. The molecule has 1 aliphatic heterocycles. The normalized spacial score (nSPS) is 14.1. The molecule has 0 spiro atoms. The first-order valence-electron chi connectivity index (χ1n) is 8.21. The van der Waals surface area contributed by atoms with Crippen LogP contribution in [0, 0.1) is 0 Å². The monoisotopic (exact) mass is 339 g/mol. The van der Waals surface area contributed by atoms with Crippen molar-refractivity contribution < 1.29 is 9.59 Å². The SMILES string of the molecule is CC(=O)Nc1cccc(NC(=O)N2CCN(c3ccccn3)CC2)c1. The van der Waals surface area contributed by atoms with Gasteiger partial charge in [-0.05, 0) is 30.3 Å². The van der Waals surface area contributed by atoms with Gasteiger partial charge in [0.25, 0.3) is 0 Å². The quantitative estimate of drug-likeness (QED) is 0.900. The molecule has 3 amide bonds. The summed E-state index contributed by atoms with van der Waals surface area (Å²) in [6, 6.07) is 12.8. The molecule has 0 bridgehead atoms. The van der Waals surface area contributed by atoms with E-state index in [0.717, 1.165) is 18.9 Å². The van der Waals surface area contributed by atoms with Crippen LogP contribution < -0.4 is 15.5 Å². The zero-order valence-electron chi connectivity index (χ0n) is 14.1. The van der Waals surface area contributed by atoms with Crippen LogP contribution in [-0.2, 0) is 4.79 Å². The minimum Gasteiger partial charge on any atom is -0.353 e. The van der Waals surface area contributed by atoms with Crippen molar-refractivity contribution >= 4 is 29.1 Å². The number of aromatic nitrogens is 1. The molecular formula is C18H21N5O2. The van der Waals surface area contributed by atoms with Gasteiger partial charge in [0, 0.05) is 50.7 Å². The average Bonchev–Trinajstić information content (AvgIpc) is 2.62. The summed E-state index contributed by atoms with van der Waals surface area (Å²) in [6.45, 7) is 4.21. The fourth-order valence-corrected chi connectivity index (χ4v) is 2.76. The molecule has 0 aliphatic carbocycles. The van der Waals surface area contributed by atoms with Gasteiger partial charge in [-0.1, -0.05) is 12.1 Å². The highest BCUT2D eigenvalue weighted by Gasteiger charge is 2.21. The lowest BCUT2D eigenvalue weighted by atomic mass is 10.2. The maximum atomic E-state index is 12.4. The molecule has 1 aliphatic rings. The molecule has 130 valence electrons. The predicted octanol–water partition coefficient (Wildman–Crippen LogP) is 2.39. The van der Waals surface area contributed by atoms with Gasteiger partial charge in [0.05, 0.1) is 0 Å². The summed E-state index contributed by atoms with van der Waals surface area (Å²) in [4.78, 5) is 31.9. The lowest BCUT2D eigenvalue weighted by Crippen LogP contribution is -2.50. The van der Waals surface area contributed by atoms with E-state index in [1.807, 2.05) is 18.2 Å². The molecule has 1 fully saturated rings. The van der Waals surface area contributed by atoms with E-state index in [4.69, 9.17) is 0 Å². The number of piperazine rings is 1. The van der Waals surface area contributed by atoms with Crippen molar-refractivity contribution in [2.24, 2.45) is 0 Å². The molecule has 2 heterocycles. The molecule has 0 atom stereocenters. The van der Waals surface area contributed by atoms with Crippen LogP contribution >= 0.6 is 0 Å². The molecule has 1 aromatic carbocycles.